The quantitative estimate of drug-likeness (QED) is 0.445. The average Bonchev–Trinajstić information content (AvgIpc) is 3.19. The smallest absolute Gasteiger partial charge is 0.305 e. The van der Waals surface area contributed by atoms with Crippen molar-refractivity contribution in [1.82, 2.24) is 10.2 Å². The van der Waals surface area contributed by atoms with Crippen molar-refractivity contribution in [2.24, 2.45) is 11.7 Å². The summed E-state index contributed by atoms with van der Waals surface area (Å²) in [5, 5.41) is 2.80. The molecule has 1 saturated carbocycles. The maximum atomic E-state index is 11.7. The number of ether oxygens (including phenoxy) is 1. The minimum Gasteiger partial charge on any atom is -0.469 e. The molecule has 0 aliphatic heterocycles. The highest BCUT2D eigenvalue weighted by atomic mass is 16.5. The van der Waals surface area contributed by atoms with Gasteiger partial charge >= 0.3 is 5.97 Å². The number of nitrogens with two attached hydrogens (primary N) is 1. The number of amides is 1. The van der Waals surface area contributed by atoms with Crippen LogP contribution in [0.2, 0.25) is 0 Å². The van der Waals surface area contributed by atoms with Crippen LogP contribution in [0, 0.1) is 5.92 Å². The highest BCUT2D eigenvalue weighted by Gasteiger charge is 2.33. The van der Waals surface area contributed by atoms with Gasteiger partial charge in [-0.15, -0.1) is 0 Å². The van der Waals surface area contributed by atoms with Gasteiger partial charge in [0.1, 0.15) is 0 Å². The Morgan fingerprint density at radius 1 is 1.47 bits per heavy atom. The molecule has 0 radical (unpaired) electrons. The average molecular weight is 271 g/mol. The number of hydrogen-bond acceptors (Lipinski definition) is 5. The number of methoxy groups -OCH3 is 1. The Morgan fingerprint density at radius 2 is 2.16 bits per heavy atom. The van der Waals surface area contributed by atoms with Crippen molar-refractivity contribution < 1.29 is 14.3 Å². The maximum Gasteiger partial charge on any atom is 0.305 e. The van der Waals surface area contributed by atoms with Crippen LogP contribution in [-0.2, 0) is 14.3 Å². The number of carbonyl (C=O) groups excluding carboxylic acids is 2. The molecule has 0 aromatic rings. The molecule has 6 heteroatoms. The highest BCUT2D eigenvalue weighted by molar-refractivity contribution is 5.78. The van der Waals surface area contributed by atoms with Gasteiger partial charge in [-0.2, -0.15) is 0 Å². The van der Waals surface area contributed by atoms with Gasteiger partial charge in [0, 0.05) is 25.6 Å². The van der Waals surface area contributed by atoms with Crippen LogP contribution in [0.15, 0.2) is 0 Å². The van der Waals surface area contributed by atoms with Crippen molar-refractivity contribution in [3.8, 4) is 0 Å². The third-order valence-corrected chi connectivity index (χ3v) is 3.47. The van der Waals surface area contributed by atoms with Gasteiger partial charge in [-0.25, -0.2) is 0 Å². The lowest BCUT2D eigenvalue weighted by molar-refractivity contribution is -0.140. The Labute approximate surface area is 114 Å². The van der Waals surface area contributed by atoms with Crippen molar-refractivity contribution in [2.45, 2.75) is 31.7 Å². The molecule has 0 spiro atoms. The third kappa shape index (κ3) is 6.02. The Morgan fingerprint density at radius 3 is 2.68 bits per heavy atom. The second-order valence-electron chi connectivity index (χ2n) is 5.09. The summed E-state index contributed by atoms with van der Waals surface area (Å²) in [6, 6.07) is 0.306. The Hall–Kier alpha value is -1.14. The van der Waals surface area contributed by atoms with E-state index in [-0.39, 0.29) is 11.9 Å². The van der Waals surface area contributed by atoms with E-state index in [4.69, 9.17) is 5.73 Å². The van der Waals surface area contributed by atoms with Crippen molar-refractivity contribution in [1.29, 1.82) is 0 Å². The fourth-order valence-corrected chi connectivity index (χ4v) is 2.18. The van der Waals surface area contributed by atoms with E-state index in [1.54, 1.807) is 0 Å². The summed E-state index contributed by atoms with van der Waals surface area (Å²) in [5.74, 6) is 0.386. The van der Waals surface area contributed by atoms with Gasteiger partial charge in [0.2, 0.25) is 5.91 Å². The number of carbonyl (C=O) groups is 2. The molecule has 19 heavy (non-hydrogen) atoms. The molecule has 1 rings (SSSR count). The summed E-state index contributed by atoms with van der Waals surface area (Å²) in [7, 11) is 3.30. The second kappa shape index (κ2) is 8.12. The van der Waals surface area contributed by atoms with Crippen LogP contribution < -0.4 is 11.1 Å². The number of hydrogen-bond donors (Lipinski definition) is 2. The number of esters is 1. The van der Waals surface area contributed by atoms with E-state index in [1.807, 2.05) is 11.9 Å². The Bertz CT molecular complexity index is 306. The molecule has 1 fully saturated rings. The molecule has 1 aliphatic carbocycles. The number of nitrogens with one attached hydrogen (secondary N) is 1. The SMILES string of the molecule is COC(=O)CCCNC(=O)CN(C)C(CN)C1CC1. The normalized spacial score (nSPS) is 16.2. The molecule has 1 atom stereocenters. The summed E-state index contributed by atoms with van der Waals surface area (Å²) in [6.45, 7) is 1.45. The lowest BCUT2D eigenvalue weighted by Gasteiger charge is -2.26. The lowest BCUT2D eigenvalue weighted by Crippen LogP contribution is -2.45. The first-order valence-electron chi connectivity index (χ1n) is 6.82. The Kier molecular flexibility index (Phi) is 6.80. The van der Waals surface area contributed by atoms with Crippen LogP contribution >= 0.6 is 0 Å². The molecule has 0 bridgehead atoms. The van der Waals surface area contributed by atoms with Crippen molar-refractivity contribution in [3.63, 3.8) is 0 Å². The molecule has 0 saturated heterocycles. The summed E-state index contributed by atoms with van der Waals surface area (Å²) in [5.41, 5.74) is 5.74. The van der Waals surface area contributed by atoms with E-state index in [9.17, 15) is 9.59 Å². The third-order valence-electron chi connectivity index (χ3n) is 3.47. The molecule has 1 amide bonds. The van der Waals surface area contributed by atoms with E-state index in [0.29, 0.717) is 44.4 Å². The van der Waals surface area contributed by atoms with E-state index in [1.165, 1.54) is 20.0 Å². The molecule has 110 valence electrons. The van der Waals surface area contributed by atoms with Crippen LogP contribution in [0.25, 0.3) is 0 Å². The van der Waals surface area contributed by atoms with Crippen molar-refractivity contribution in [3.05, 3.63) is 0 Å². The van der Waals surface area contributed by atoms with Gasteiger partial charge in [0.15, 0.2) is 0 Å². The molecule has 0 aromatic heterocycles. The fourth-order valence-electron chi connectivity index (χ4n) is 2.18. The molecule has 0 heterocycles. The molecule has 3 N–H and O–H groups in total. The van der Waals surface area contributed by atoms with E-state index in [2.05, 4.69) is 10.1 Å². The summed E-state index contributed by atoms with van der Waals surface area (Å²) < 4.78 is 4.53. The zero-order valence-electron chi connectivity index (χ0n) is 11.9. The standard InChI is InChI=1S/C13H25N3O3/c1-16(11(8-14)10-5-6-10)9-12(17)15-7-3-4-13(18)19-2/h10-11H,3-9,14H2,1-2H3,(H,15,17). The van der Waals surface area contributed by atoms with Crippen molar-refractivity contribution in [2.75, 3.05) is 33.8 Å². The van der Waals surface area contributed by atoms with Crippen molar-refractivity contribution >= 4 is 11.9 Å². The molecular formula is C13H25N3O3. The number of likely N-dealkylation sites (N-methyl/N-ethyl adjacent to an activating group) is 1. The zero-order valence-corrected chi connectivity index (χ0v) is 11.9. The van der Waals surface area contributed by atoms with Crippen LogP contribution in [0.1, 0.15) is 25.7 Å². The summed E-state index contributed by atoms with van der Waals surface area (Å²) in [6.07, 6.45) is 3.37. The van der Waals surface area contributed by atoms with Crippen LogP contribution in [0.3, 0.4) is 0 Å². The predicted molar refractivity (Wildman–Crippen MR) is 72.5 cm³/mol. The van der Waals surface area contributed by atoms with Crippen LogP contribution in [0.4, 0.5) is 0 Å². The van der Waals surface area contributed by atoms with E-state index >= 15 is 0 Å². The van der Waals surface area contributed by atoms with Gasteiger partial charge in [0.05, 0.1) is 13.7 Å². The molecule has 1 unspecified atom stereocenters. The summed E-state index contributed by atoms with van der Waals surface area (Å²) >= 11 is 0. The van der Waals surface area contributed by atoms with Gasteiger partial charge in [-0.1, -0.05) is 0 Å². The first-order valence-corrected chi connectivity index (χ1v) is 6.82. The summed E-state index contributed by atoms with van der Waals surface area (Å²) in [4.78, 5) is 24.6. The topological polar surface area (TPSA) is 84.7 Å². The van der Waals surface area contributed by atoms with Gasteiger partial charge in [-0.3, -0.25) is 14.5 Å². The Balaban J connectivity index is 2.14. The van der Waals surface area contributed by atoms with Crippen LogP contribution in [-0.4, -0.2) is 56.6 Å². The molecule has 1 aliphatic rings. The number of nitrogens with zero attached hydrogens (tertiary/aromatic N) is 1. The first kappa shape index (κ1) is 15.9. The maximum absolute atomic E-state index is 11.7. The van der Waals surface area contributed by atoms with Gasteiger partial charge < -0.3 is 15.8 Å². The molecule has 0 aromatic carbocycles. The van der Waals surface area contributed by atoms with E-state index < -0.39 is 0 Å². The minimum atomic E-state index is -0.247. The zero-order chi connectivity index (χ0) is 14.3. The van der Waals surface area contributed by atoms with Gasteiger partial charge in [0.25, 0.3) is 0 Å². The lowest BCUT2D eigenvalue weighted by atomic mass is 10.1. The largest absolute Gasteiger partial charge is 0.469 e. The molecule has 6 nitrogen and oxygen atoms in total. The minimum absolute atomic E-state index is 0.0218. The van der Waals surface area contributed by atoms with Crippen LogP contribution in [0.5, 0.6) is 0 Å². The highest BCUT2D eigenvalue weighted by Crippen LogP contribution is 2.34. The monoisotopic (exact) mass is 271 g/mol. The molecular weight excluding hydrogens is 246 g/mol. The number of rotatable bonds is 9. The fraction of sp³-hybridized carbons (Fsp3) is 0.846. The van der Waals surface area contributed by atoms with Gasteiger partial charge in [-0.05, 0) is 32.2 Å². The van der Waals surface area contributed by atoms with E-state index in [0.717, 1.165) is 0 Å². The predicted octanol–water partition coefficient (Wildman–Crippen LogP) is -0.275. The first-order chi connectivity index (χ1) is 9.08. The second-order valence-corrected chi connectivity index (χ2v) is 5.09.